The van der Waals surface area contributed by atoms with E-state index in [9.17, 15) is 19.3 Å². The fourth-order valence-electron chi connectivity index (χ4n) is 2.58. The van der Waals surface area contributed by atoms with Crippen LogP contribution < -0.4 is 0 Å². The van der Waals surface area contributed by atoms with E-state index in [-0.39, 0.29) is 17.6 Å². The van der Waals surface area contributed by atoms with Gasteiger partial charge >= 0.3 is 5.69 Å². The molecule has 1 aromatic rings. The molecule has 0 aromatic heterocycles. The van der Waals surface area contributed by atoms with E-state index in [1.165, 1.54) is 6.07 Å². The molecule has 114 valence electrons. The largest absolute Gasteiger partial charge is 0.369 e. The van der Waals surface area contributed by atoms with Crippen molar-refractivity contribution < 1.29 is 18.8 Å². The number of hydrogen-bond donors (Lipinski definition) is 0. The fourth-order valence-corrected chi connectivity index (χ4v) is 2.58. The molecule has 0 saturated carbocycles. The molecule has 0 bridgehead atoms. The quantitative estimate of drug-likeness (QED) is 0.620. The number of nitro benzene ring substituents is 1. The summed E-state index contributed by atoms with van der Waals surface area (Å²) in [5.74, 6) is -1.31. The Labute approximate surface area is 121 Å². The van der Waals surface area contributed by atoms with Crippen molar-refractivity contribution in [2.75, 3.05) is 13.1 Å². The number of carbonyl (C=O) groups is 1. The molecule has 21 heavy (non-hydrogen) atoms. The summed E-state index contributed by atoms with van der Waals surface area (Å²) in [6.45, 7) is 6.37. The fraction of sp³-hybridized carbons (Fsp3) is 0.500. The van der Waals surface area contributed by atoms with Gasteiger partial charge in [0.1, 0.15) is 0 Å². The summed E-state index contributed by atoms with van der Waals surface area (Å²) in [5, 5.41) is 10.7. The minimum Gasteiger partial charge on any atom is -0.369 e. The van der Waals surface area contributed by atoms with Crippen LogP contribution in [0.3, 0.4) is 0 Å². The Bertz CT molecular complexity index is 588. The van der Waals surface area contributed by atoms with Crippen molar-refractivity contribution in [3.8, 4) is 0 Å². The lowest BCUT2D eigenvalue weighted by atomic mass is 10.0. The highest BCUT2D eigenvalue weighted by Crippen LogP contribution is 2.24. The predicted octanol–water partition coefficient (Wildman–Crippen LogP) is 2.37. The van der Waals surface area contributed by atoms with E-state index in [1.807, 2.05) is 20.8 Å². The maximum absolute atomic E-state index is 13.3. The maximum atomic E-state index is 13.3. The van der Waals surface area contributed by atoms with Gasteiger partial charge in [-0.15, -0.1) is 0 Å². The number of nitro groups is 1. The minimum absolute atomic E-state index is 0.105. The van der Waals surface area contributed by atoms with E-state index in [2.05, 4.69) is 0 Å². The van der Waals surface area contributed by atoms with E-state index in [0.29, 0.717) is 13.1 Å². The number of rotatable bonds is 2. The number of nitrogens with zero attached hydrogens (tertiary/aromatic N) is 2. The zero-order chi connectivity index (χ0) is 15.8. The normalized spacial score (nSPS) is 21.1. The summed E-state index contributed by atoms with van der Waals surface area (Å²) < 4.78 is 19.0. The summed E-state index contributed by atoms with van der Waals surface area (Å²) in [6.07, 6.45) is -0.131. The molecular weight excluding hydrogens is 279 g/mol. The third-order valence-corrected chi connectivity index (χ3v) is 3.25. The standard InChI is InChI=1S/C14H17FN2O4/c1-9-7-16(8-14(2,3)21-9)13(18)10-4-5-11(15)12(6-10)17(19)20/h4-6,9H,7-8H2,1-3H3. The SMILES string of the molecule is CC1CN(C(=O)c2ccc(F)c([N+](=O)[O-])c2)CC(C)(C)O1. The van der Waals surface area contributed by atoms with Crippen molar-refractivity contribution in [2.24, 2.45) is 0 Å². The second-order valence-corrected chi connectivity index (χ2v) is 5.80. The topological polar surface area (TPSA) is 72.7 Å². The average molecular weight is 296 g/mol. The Hall–Kier alpha value is -2.02. The lowest BCUT2D eigenvalue weighted by Gasteiger charge is -2.41. The van der Waals surface area contributed by atoms with E-state index >= 15 is 0 Å². The van der Waals surface area contributed by atoms with E-state index in [4.69, 9.17) is 4.74 Å². The first-order valence-corrected chi connectivity index (χ1v) is 6.60. The molecule has 0 spiro atoms. The van der Waals surface area contributed by atoms with Crippen molar-refractivity contribution >= 4 is 11.6 Å². The smallest absolute Gasteiger partial charge is 0.305 e. The number of hydrogen-bond acceptors (Lipinski definition) is 4. The average Bonchev–Trinajstić information content (AvgIpc) is 2.35. The van der Waals surface area contributed by atoms with Gasteiger partial charge in [0.2, 0.25) is 5.82 Å². The molecule has 1 atom stereocenters. The summed E-state index contributed by atoms with van der Waals surface area (Å²) in [4.78, 5) is 23.9. The van der Waals surface area contributed by atoms with E-state index in [1.54, 1.807) is 4.90 Å². The van der Waals surface area contributed by atoms with Crippen LogP contribution in [0.5, 0.6) is 0 Å². The lowest BCUT2D eigenvalue weighted by Crippen LogP contribution is -2.53. The predicted molar refractivity (Wildman–Crippen MR) is 73.6 cm³/mol. The molecule has 1 fully saturated rings. The van der Waals surface area contributed by atoms with Gasteiger partial charge in [0, 0.05) is 24.7 Å². The van der Waals surface area contributed by atoms with Gasteiger partial charge in [-0.2, -0.15) is 4.39 Å². The van der Waals surface area contributed by atoms with Gasteiger partial charge in [-0.1, -0.05) is 0 Å². The Kier molecular flexibility index (Phi) is 3.95. The molecule has 1 saturated heterocycles. The number of amides is 1. The number of benzene rings is 1. The number of carbonyl (C=O) groups excluding carboxylic acids is 1. The van der Waals surface area contributed by atoms with Crippen LogP contribution in [0.25, 0.3) is 0 Å². The first-order valence-electron chi connectivity index (χ1n) is 6.60. The second-order valence-electron chi connectivity index (χ2n) is 5.80. The number of morpholine rings is 1. The van der Waals surface area contributed by atoms with Crippen LogP contribution >= 0.6 is 0 Å². The van der Waals surface area contributed by atoms with Gasteiger partial charge in [-0.3, -0.25) is 14.9 Å². The van der Waals surface area contributed by atoms with Gasteiger partial charge in [0.25, 0.3) is 5.91 Å². The zero-order valence-corrected chi connectivity index (χ0v) is 12.1. The van der Waals surface area contributed by atoms with Crippen LogP contribution in [0.1, 0.15) is 31.1 Å². The Morgan fingerprint density at radius 1 is 1.52 bits per heavy atom. The molecule has 1 aromatic carbocycles. The molecule has 1 amide bonds. The summed E-state index contributed by atoms with van der Waals surface area (Å²) in [5.41, 5.74) is -1.08. The molecule has 0 N–H and O–H groups in total. The highest BCUT2D eigenvalue weighted by molar-refractivity contribution is 5.95. The minimum atomic E-state index is -0.952. The van der Waals surface area contributed by atoms with Crippen molar-refractivity contribution in [3.63, 3.8) is 0 Å². The van der Waals surface area contributed by atoms with Crippen molar-refractivity contribution in [1.82, 2.24) is 4.90 Å². The van der Waals surface area contributed by atoms with Crippen LogP contribution in [0.4, 0.5) is 10.1 Å². The zero-order valence-electron chi connectivity index (χ0n) is 12.1. The van der Waals surface area contributed by atoms with Crippen LogP contribution in [0.2, 0.25) is 0 Å². The Balaban J connectivity index is 2.28. The molecule has 1 heterocycles. The number of halogens is 1. The first-order chi connectivity index (χ1) is 9.69. The second kappa shape index (κ2) is 5.40. The van der Waals surface area contributed by atoms with Crippen molar-refractivity contribution in [2.45, 2.75) is 32.5 Å². The molecule has 0 aliphatic carbocycles. The van der Waals surface area contributed by atoms with E-state index < -0.39 is 22.0 Å². The Morgan fingerprint density at radius 3 is 2.76 bits per heavy atom. The van der Waals surface area contributed by atoms with Gasteiger partial charge in [-0.25, -0.2) is 0 Å². The third kappa shape index (κ3) is 3.36. The van der Waals surface area contributed by atoms with Gasteiger partial charge < -0.3 is 9.64 Å². The molecule has 6 nitrogen and oxygen atoms in total. The van der Waals surface area contributed by atoms with Crippen molar-refractivity contribution in [1.29, 1.82) is 0 Å². The van der Waals surface area contributed by atoms with Crippen LogP contribution in [0, 0.1) is 15.9 Å². The van der Waals surface area contributed by atoms with Crippen LogP contribution in [-0.4, -0.2) is 40.5 Å². The lowest BCUT2D eigenvalue weighted by molar-refractivity contribution is -0.387. The highest BCUT2D eigenvalue weighted by atomic mass is 19.1. The maximum Gasteiger partial charge on any atom is 0.305 e. The third-order valence-electron chi connectivity index (χ3n) is 3.25. The molecule has 1 aliphatic heterocycles. The van der Waals surface area contributed by atoms with Crippen molar-refractivity contribution in [3.05, 3.63) is 39.7 Å². The van der Waals surface area contributed by atoms with Crippen LogP contribution in [0.15, 0.2) is 18.2 Å². The molecule has 7 heteroatoms. The summed E-state index contributed by atoms with van der Waals surface area (Å²) >= 11 is 0. The molecule has 1 aliphatic rings. The van der Waals surface area contributed by atoms with Gasteiger partial charge in [-0.05, 0) is 32.9 Å². The molecule has 2 rings (SSSR count). The van der Waals surface area contributed by atoms with Crippen LogP contribution in [-0.2, 0) is 4.74 Å². The van der Waals surface area contributed by atoms with Gasteiger partial charge in [0.05, 0.1) is 16.6 Å². The molecular formula is C14H17FN2O4. The molecule has 1 unspecified atom stereocenters. The van der Waals surface area contributed by atoms with Gasteiger partial charge in [0.15, 0.2) is 0 Å². The highest BCUT2D eigenvalue weighted by Gasteiger charge is 2.34. The molecule has 0 radical (unpaired) electrons. The summed E-state index contributed by atoms with van der Waals surface area (Å²) in [6, 6.07) is 3.18. The Morgan fingerprint density at radius 2 is 2.19 bits per heavy atom. The summed E-state index contributed by atoms with van der Waals surface area (Å²) in [7, 11) is 0. The first kappa shape index (κ1) is 15.4. The van der Waals surface area contributed by atoms with E-state index in [0.717, 1.165) is 12.1 Å². The number of ether oxygens (including phenoxy) is 1. The monoisotopic (exact) mass is 296 g/mol.